The number of fused-ring (bicyclic) bond motifs is 4. The van der Waals surface area contributed by atoms with E-state index >= 15 is 0 Å². The third kappa shape index (κ3) is 22.4. The smallest absolute Gasteiger partial charge is 0.408 e. The minimum absolute atomic E-state index is 0. The Hall–Kier alpha value is -13.1. The molecule has 6 aromatic heterocycles. The molecule has 28 nitrogen and oxygen atoms in total. The number of para-hydroxylation sites is 2. The third-order valence-corrected chi connectivity index (χ3v) is 13.7. The lowest BCUT2D eigenvalue weighted by atomic mass is 10.2. The molecule has 0 aliphatic carbocycles. The van der Waals surface area contributed by atoms with Gasteiger partial charge < -0.3 is 62.5 Å². The van der Waals surface area contributed by atoms with E-state index in [0.717, 1.165) is 11.4 Å². The number of nitrogens with two attached hydrogens (primary N) is 1. The molecule has 103 heavy (non-hydrogen) atoms. The predicted octanol–water partition coefficient (Wildman–Crippen LogP) is 12.3. The van der Waals surface area contributed by atoms with Crippen LogP contribution in [0, 0.1) is 24.7 Å². The number of azide groups is 1. The van der Waals surface area contributed by atoms with Gasteiger partial charge in [-0.05, 0) is 120 Å². The number of alkyl carbamates (subject to hydrolysis) is 2. The lowest BCUT2D eigenvalue weighted by molar-refractivity contribution is 0.0509. The van der Waals surface area contributed by atoms with Crippen LogP contribution < -0.4 is 57.0 Å². The SMILES string of the molecule is C#CCOc1ccc2c(=O)cc(CN=[N+]=[N-])oc2c1.C#CCOc1ccc2c(=O)cc(CNC(=O)OC(C)(C)C)oc2c1.CC(C)(C)OC(=O)NCc1cc(=O)c2ccc(OCc3cn(-c4ccccc4)nn3)cc2o1.Cl.NCc1cc(=O)c2ccc(OCc3cn(-c4ccccc4)nn3)cc2o1. The van der Waals surface area contributed by atoms with Crippen molar-refractivity contribution in [1.29, 1.82) is 0 Å². The Bertz CT molecular complexity index is 5330. The van der Waals surface area contributed by atoms with Crippen LogP contribution in [0.5, 0.6) is 23.0 Å². The highest BCUT2D eigenvalue weighted by Crippen LogP contribution is 2.25. The number of rotatable bonds is 19. The quantitative estimate of drug-likeness (QED) is 0.0293. The Balaban J connectivity index is 0.000000177. The molecule has 0 spiro atoms. The fourth-order valence-corrected chi connectivity index (χ4v) is 9.21. The topological polar surface area (TPSA) is 371 Å². The lowest BCUT2D eigenvalue weighted by Gasteiger charge is -2.19. The number of hydrogen-bond donors (Lipinski definition) is 3. The molecule has 6 heterocycles. The summed E-state index contributed by atoms with van der Waals surface area (Å²) in [5, 5.41) is 26.7. The summed E-state index contributed by atoms with van der Waals surface area (Å²) < 4.78 is 58.3. The molecule has 0 aliphatic rings. The van der Waals surface area contributed by atoms with E-state index in [1.807, 2.05) is 66.9 Å². The van der Waals surface area contributed by atoms with Crippen LogP contribution >= 0.6 is 12.4 Å². The minimum atomic E-state index is -0.618. The first kappa shape index (κ1) is 75.6. The fraction of sp³-hybridized carbons (Fsp3) is 0.216. The molecule has 6 aromatic carbocycles. The third-order valence-electron chi connectivity index (χ3n) is 13.7. The number of carbonyl (C=O) groups excluding carboxylic acids is 2. The number of ether oxygens (including phenoxy) is 6. The number of benzene rings is 6. The Morgan fingerprint density at radius 1 is 0.515 bits per heavy atom. The van der Waals surface area contributed by atoms with Crippen molar-refractivity contribution in [2.75, 3.05) is 13.2 Å². The first-order chi connectivity index (χ1) is 49.0. The zero-order valence-electron chi connectivity index (χ0n) is 56.5. The first-order valence-electron chi connectivity index (χ1n) is 31.3. The Morgan fingerprint density at radius 3 is 1.20 bits per heavy atom. The van der Waals surface area contributed by atoms with Gasteiger partial charge in [-0.15, -0.1) is 35.5 Å². The summed E-state index contributed by atoms with van der Waals surface area (Å²) in [5.74, 6) is 8.15. The number of nitrogens with zero attached hydrogens (tertiary/aromatic N) is 9. The van der Waals surface area contributed by atoms with Crippen LogP contribution in [-0.4, -0.2) is 66.6 Å². The van der Waals surface area contributed by atoms with Crippen molar-refractivity contribution in [3.05, 3.63) is 256 Å². The van der Waals surface area contributed by atoms with Gasteiger partial charge in [-0.3, -0.25) is 19.2 Å². The van der Waals surface area contributed by atoms with E-state index in [2.05, 4.69) is 53.1 Å². The summed E-state index contributed by atoms with van der Waals surface area (Å²) in [5.41, 5.74) is 16.5. The molecule has 0 atom stereocenters. The average Bonchev–Trinajstić information content (AvgIpc) is 1.81. The van der Waals surface area contributed by atoms with E-state index in [1.54, 1.807) is 130 Å². The number of amides is 2. The molecule has 0 bridgehead atoms. The first-order valence-corrected chi connectivity index (χ1v) is 31.3. The minimum Gasteiger partial charge on any atom is -0.487 e. The summed E-state index contributed by atoms with van der Waals surface area (Å²) >= 11 is 0. The monoisotopic (exact) mass is 1420 g/mol. The maximum absolute atomic E-state index is 12.4. The fourth-order valence-electron chi connectivity index (χ4n) is 9.21. The number of aromatic nitrogens is 6. The number of nitrogens with one attached hydrogen (secondary N) is 2. The normalized spacial score (nSPS) is 10.7. The van der Waals surface area contributed by atoms with Crippen molar-refractivity contribution in [2.24, 2.45) is 10.8 Å². The van der Waals surface area contributed by atoms with Crippen LogP contribution in [0.1, 0.15) is 76.0 Å². The van der Waals surface area contributed by atoms with E-state index in [0.29, 0.717) is 101 Å². The molecular formula is C74H69ClN12O16. The number of carbonyl (C=O) groups is 2. The Kier molecular flexibility index (Phi) is 26.1. The second-order valence-electron chi connectivity index (χ2n) is 23.8. The molecule has 2 amide bonds. The van der Waals surface area contributed by atoms with Crippen LogP contribution in [0.3, 0.4) is 0 Å². The van der Waals surface area contributed by atoms with E-state index in [4.69, 9.17) is 70.2 Å². The zero-order chi connectivity index (χ0) is 72.8. The van der Waals surface area contributed by atoms with Crippen LogP contribution in [0.25, 0.3) is 65.7 Å². The van der Waals surface area contributed by atoms with E-state index in [9.17, 15) is 28.8 Å². The standard InChI is InChI=1S/C24H24N4O5.C19H16N4O3.C18H19NO5.C13H9N3O3.ClH/c1-24(2,3)33-23(30)25-13-19-11-21(29)20-10-9-18(12-22(20)32-19)31-15-16-14-28(27-26-16)17-7-5-4-6-8-17;20-10-16-8-18(24)17-7-6-15(9-19(17)26-16)25-12-13-11-23(22-21-13)14-4-2-1-3-5-14;1-5-8-22-12-6-7-14-15(20)9-13(23-16(14)10-12)11-19-17(21)24-18(2,3)4;1-2-5-18-9-3-4-11-12(17)6-10(8-15-16-14)19-13(11)7-9;/h4-12,14H,13,15H2,1-3H3,(H,25,30);1-9,11H,10,12,20H2;1,6-7,9-10H,8,11H2,2-4H3,(H,19,21);1,3-4,6-7H,5,8H2;1H. The van der Waals surface area contributed by atoms with E-state index in [1.165, 1.54) is 24.3 Å². The van der Waals surface area contributed by atoms with Crippen molar-refractivity contribution < 1.29 is 55.7 Å². The van der Waals surface area contributed by atoms with Gasteiger partial charge in [-0.2, -0.15) is 0 Å². The Labute approximate surface area is 593 Å². The molecule has 0 fully saturated rings. The van der Waals surface area contributed by atoms with Gasteiger partial charge in [-0.25, -0.2) is 19.0 Å². The molecular weight excluding hydrogens is 1350 g/mol. The van der Waals surface area contributed by atoms with Gasteiger partial charge in [-0.1, -0.05) is 63.8 Å². The van der Waals surface area contributed by atoms with Crippen LogP contribution in [0.4, 0.5) is 9.59 Å². The molecule has 0 radical (unpaired) electrons. The average molecular weight is 1420 g/mol. The van der Waals surface area contributed by atoms with Crippen molar-refractivity contribution in [3.63, 3.8) is 0 Å². The Morgan fingerprint density at radius 2 is 0.854 bits per heavy atom. The molecule has 0 unspecified atom stereocenters. The van der Waals surface area contributed by atoms with Gasteiger partial charge in [0.05, 0.1) is 71.5 Å². The molecule has 0 saturated carbocycles. The zero-order valence-corrected chi connectivity index (χ0v) is 57.3. The molecule has 528 valence electrons. The predicted molar refractivity (Wildman–Crippen MR) is 384 cm³/mol. The largest absolute Gasteiger partial charge is 0.487 e. The maximum Gasteiger partial charge on any atom is 0.408 e. The van der Waals surface area contributed by atoms with Crippen molar-refractivity contribution in [3.8, 4) is 59.1 Å². The molecule has 29 heteroatoms. The number of halogens is 1. The van der Waals surface area contributed by atoms with Gasteiger partial charge in [0.15, 0.2) is 21.7 Å². The van der Waals surface area contributed by atoms with Crippen molar-refractivity contribution >= 4 is 68.5 Å². The van der Waals surface area contributed by atoms with Gasteiger partial charge in [0.2, 0.25) is 0 Å². The molecule has 0 saturated heterocycles. The highest BCUT2D eigenvalue weighted by molar-refractivity contribution is 5.85. The maximum atomic E-state index is 12.4. The van der Waals surface area contributed by atoms with E-state index in [-0.39, 0.29) is 86.7 Å². The summed E-state index contributed by atoms with van der Waals surface area (Å²) in [6, 6.07) is 44.5. The lowest BCUT2D eigenvalue weighted by Crippen LogP contribution is -2.32. The van der Waals surface area contributed by atoms with Crippen LogP contribution in [0.15, 0.2) is 212 Å². The summed E-state index contributed by atoms with van der Waals surface area (Å²) in [7, 11) is 0. The second-order valence-corrected chi connectivity index (χ2v) is 23.8. The second kappa shape index (κ2) is 35.6. The van der Waals surface area contributed by atoms with Gasteiger partial charge >= 0.3 is 12.2 Å². The van der Waals surface area contributed by atoms with Crippen molar-refractivity contribution in [1.82, 2.24) is 40.6 Å². The van der Waals surface area contributed by atoms with Gasteiger partial charge in [0.1, 0.15) is 117 Å². The van der Waals surface area contributed by atoms with Crippen molar-refractivity contribution in [2.45, 2.75) is 92.1 Å². The summed E-state index contributed by atoms with van der Waals surface area (Å²) in [6.45, 7) is 11.5. The highest BCUT2D eigenvalue weighted by atomic mass is 35.5. The summed E-state index contributed by atoms with van der Waals surface area (Å²) in [4.78, 5) is 74.5. The van der Waals surface area contributed by atoms with Crippen LogP contribution in [-0.2, 0) is 48.9 Å². The number of hydrogen-bond acceptors (Lipinski definition) is 22. The van der Waals surface area contributed by atoms with E-state index < -0.39 is 23.4 Å². The molecule has 12 aromatic rings. The molecule has 0 aliphatic heterocycles. The van der Waals surface area contributed by atoms with Gasteiger partial charge in [0.25, 0.3) is 0 Å². The highest BCUT2D eigenvalue weighted by Gasteiger charge is 2.19. The molecule has 12 rings (SSSR count). The molecule has 4 N–H and O–H groups in total. The number of terminal acetylenes is 2. The van der Waals surface area contributed by atoms with Gasteiger partial charge in [0, 0.05) is 53.4 Å². The summed E-state index contributed by atoms with van der Waals surface area (Å²) in [6.07, 6.45) is 12.7. The van der Waals surface area contributed by atoms with Crippen LogP contribution in [0.2, 0.25) is 0 Å².